The van der Waals surface area contributed by atoms with Crippen LogP contribution in [0.4, 0.5) is 4.39 Å². The highest BCUT2D eigenvalue weighted by Crippen LogP contribution is 2.03. The second-order valence-electron chi connectivity index (χ2n) is 2.57. The fourth-order valence-corrected chi connectivity index (χ4v) is 0.692. The van der Waals surface area contributed by atoms with Crippen LogP contribution in [0.25, 0.3) is 0 Å². The standard InChI is InChI=1S/C9H15FO2/c1-3-4-5-6-9(10)7-12-8(2)11/h6H,3-5,7H2,1-2H3/b9-6+. The molecule has 0 aromatic heterocycles. The highest BCUT2D eigenvalue weighted by atomic mass is 19.1. The van der Waals surface area contributed by atoms with Crippen molar-refractivity contribution < 1.29 is 13.9 Å². The average Bonchev–Trinajstić information content (AvgIpc) is 2.01. The summed E-state index contributed by atoms with van der Waals surface area (Å²) in [7, 11) is 0. The first kappa shape index (κ1) is 11.1. The number of carbonyl (C=O) groups is 1. The van der Waals surface area contributed by atoms with Crippen LogP contribution in [0.1, 0.15) is 33.1 Å². The number of allylic oxidation sites excluding steroid dienone is 1. The summed E-state index contributed by atoms with van der Waals surface area (Å²) in [5.74, 6) is -0.812. The minimum atomic E-state index is -0.450. The first-order valence-electron chi connectivity index (χ1n) is 4.14. The van der Waals surface area contributed by atoms with Gasteiger partial charge in [-0.15, -0.1) is 0 Å². The van der Waals surface area contributed by atoms with Gasteiger partial charge < -0.3 is 4.74 Å². The molecule has 0 rings (SSSR count). The van der Waals surface area contributed by atoms with Gasteiger partial charge in [-0.2, -0.15) is 0 Å². The molecule has 0 fully saturated rings. The summed E-state index contributed by atoms with van der Waals surface area (Å²) in [6.07, 6.45) is 4.18. The first-order valence-corrected chi connectivity index (χ1v) is 4.14. The summed E-state index contributed by atoms with van der Waals surface area (Å²) in [6, 6.07) is 0. The van der Waals surface area contributed by atoms with Gasteiger partial charge in [0.25, 0.3) is 0 Å². The molecule has 0 radical (unpaired) electrons. The molecule has 0 bridgehead atoms. The van der Waals surface area contributed by atoms with Crippen molar-refractivity contribution in [3.8, 4) is 0 Å². The Morgan fingerprint density at radius 3 is 2.75 bits per heavy atom. The van der Waals surface area contributed by atoms with Gasteiger partial charge in [0.1, 0.15) is 12.4 Å². The lowest BCUT2D eigenvalue weighted by Crippen LogP contribution is -2.00. The van der Waals surface area contributed by atoms with E-state index in [2.05, 4.69) is 4.74 Å². The minimum absolute atomic E-state index is 0.223. The van der Waals surface area contributed by atoms with E-state index in [0.29, 0.717) is 6.42 Å². The number of rotatable bonds is 5. The van der Waals surface area contributed by atoms with Gasteiger partial charge in [-0.1, -0.05) is 13.3 Å². The Kier molecular flexibility index (Phi) is 6.34. The van der Waals surface area contributed by atoms with Crippen molar-refractivity contribution in [3.05, 3.63) is 11.9 Å². The van der Waals surface area contributed by atoms with Crippen molar-refractivity contribution in [2.45, 2.75) is 33.1 Å². The van der Waals surface area contributed by atoms with E-state index in [4.69, 9.17) is 0 Å². The maximum atomic E-state index is 12.7. The summed E-state index contributed by atoms with van der Waals surface area (Å²) < 4.78 is 17.1. The van der Waals surface area contributed by atoms with Gasteiger partial charge in [-0.3, -0.25) is 4.79 Å². The SMILES string of the molecule is CCCC/C=C(/F)COC(C)=O. The number of carbonyl (C=O) groups excluding carboxylic acids is 1. The lowest BCUT2D eigenvalue weighted by molar-refractivity contribution is -0.140. The fourth-order valence-electron chi connectivity index (χ4n) is 0.692. The van der Waals surface area contributed by atoms with E-state index < -0.39 is 5.97 Å². The topological polar surface area (TPSA) is 26.3 Å². The van der Waals surface area contributed by atoms with Gasteiger partial charge in [-0.25, -0.2) is 4.39 Å². The number of esters is 1. The maximum absolute atomic E-state index is 12.7. The molecule has 0 amide bonds. The fraction of sp³-hybridized carbons (Fsp3) is 0.667. The quantitative estimate of drug-likeness (QED) is 0.473. The van der Waals surface area contributed by atoms with E-state index in [1.54, 1.807) is 0 Å². The Balaban J connectivity index is 3.48. The first-order chi connectivity index (χ1) is 5.66. The van der Waals surface area contributed by atoms with Gasteiger partial charge >= 0.3 is 5.97 Å². The van der Waals surface area contributed by atoms with Crippen molar-refractivity contribution in [2.75, 3.05) is 6.61 Å². The molecule has 0 aliphatic carbocycles. The zero-order valence-corrected chi connectivity index (χ0v) is 7.60. The van der Waals surface area contributed by atoms with Crippen LogP contribution in [0.3, 0.4) is 0 Å². The van der Waals surface area contributed by atoms with Crippen LogP contribution in [-0.4, -0.2) is 12.6 Å². The normalized spacial score (nSPS) is 11.4. The molecule has 0 N–H and O–H groups in total. The highest BCUT2D eigenvalue weighted by Gasteiger charge is 1.96. The van der Waals surface area contributed by atoms with Crippen LogP contribution in [0, 0.1) is 0 Å². The van der Waals surface area contributed by atoms with Gasteiger partial charge in [-0.05, 0) is 18.9 Å². The zero-order valence-electron chi connectivity index (χ0n) is 7.60. The number of unbranched alkanes of at least 4 members (excludes halogenated alkanes) is 2. The average molecular weight is 174 g/mol. The molecule has 0 aromatic rings. The Morgan fingerprint density at radius 2 is 2.25 bits per heavy atom. The lowest BCUT2D eigenvalue weighted by atomic mass is 10.2. The summed E-state index contributed by atoms with van der Waals surface area (Å²) in [5, 5.41) is 0. The maximum Gasteiger partial charge on any atom is 0.303 e. The molecule has 0 saturated heterocycles. The molecular formula is C9H15FO2. The molecule has 0 atom stereocenters. The largest absolute Gasteiger partial charge is 0.459 e. The molecular weight excluding hydrogens is 159 g/mol. The lowest BCUT2D eigenvalue weighted by Gasteiger charge is -1.98. The molecule has 0 aliphatic heterocycles. The molecule has 0 heterocycles. The van der Waals surface area contributed by atoms with Gasteiger partial charge in [0, 0.05) is 6.92 Å². The van der Waals surface area contributed by atoms with Crippen molar-refractivity contribution in [1.82, 2.24) is 0 Å². The molecule has 2 nitrogen and oxygen atoms in total. The third-order valence-corrected chi connectivity index (χ3v) is 1.34. The predicted molar refractivity (Wildman–Crippen MR) is 45.3 cm³/mol. The van der Waals surface area contributed by atoms with Crippen LogP contribution in [0.15, 0.2) is 11.9 Å². The Bertz CT molecular complexity index is 164. The van der Waals surface area contributed by atoms with E-state index in [1.165, 1.54) is 13.0 Å². The Morgan fingerprint density at radius 1 is 1.58 bits per heavy atom. The predicted octanol–water partition coefficient (Wildman–Crippen LogP) is 2.59. The van der Waals surface area contributed by atoms with Crippen molar-refractivity contribution >= 4 is 5.97 Å². The zero-order chi connectivity index (χ0) is 9.40. The summed E-state index contributed by atoms with van der Waals surface area (Å²) in [4.78, 5) is 10.3. The Labute approximate surface area is 72.4 Å². The number of halogens is 1. The van der Waals surface area contributed by atoms with E-state index >= 15 is 0 Å². The molecule has 0 aliphatic rings. The van der Waals surface area contributed by atoms with Crippen molar-refractivity contribution in [3.63, 3.8) is 0 Å². The molecule has 12 heavy (non-hydrogen) atoms. The summed E-state index contributed by atoms with van der Waals surface area (Å²) in [6.45, 7) is 3.08. The third kappa shape index (κ3) is 7.25. The molecule has 70 valence electrons. The number of hydrogen-bond acceptors (Lipinski definition) is 2. The molecule has 0 aromatic carbocycles. The van der Waals surface area contributed by atoms with Gasteiger partial charge in [0.15, 0.2) is 0 Å². The molecule has 0 unspecified atom stereocenters. The molecule has 3 heteroatoms. The van der Waals surface area contributed by atoms with Crippen molar-refractivity contribution in [1.29, 1.82) is 0 Å². The summed E-state index contributed by atoms with van der Waals surface area (Å²) in [5.41, 5.74) is 0. The van der Waals surface area contributed by atoms with Crippen molar-refractivity contribution in [2.24, 2.45) is 0 Å². The van der Waals surface area contributed by atoms with E-state index in [9.17, 15) is 9.18 Å². The van der Waals surface area contributed by atoms with E-state index in [1.807, 2.05) is 6.92 Å². The van der Waals surface area contributed by atoms with E-state index in [0.717, 1.165) is 12.8 Å². The third-order valence-electron chi connectivity index (χ3n) is 1.34. The number of hydrogen-bond donors (Lipinski definition) is 0. The van der Waals surface area contributed by atoms with E-state index in [-0.39, 0.29) is 12.4 Å². The Hall–Kier alpha value is -0.860. The smallest absolute Gasteiger partial charge is 0.303 e. The second-order valence-corrected chi connectivity index (χ2v) is 2.57. The van der Waals surface area contributed by atoms with Crippen LogP contribution < -0.4 is 0 Å². The minimum Gasteiger partial charge on any atom is -0.459 e. The van der Waals surface area contributed by atoms with Gasteiger partial charge in [0.2, 0.25) is 0 Å². The number of ether oxygens (including phenoxy) is 1. The summed E-state index contributed by atoms with van der Waals surface area (Å²) >= 11 is 0. The van der Waals surface area contributed by atoms with Crippen LogP contribution in [0.5, 0.6) is 0 Å². The molecule has 0 spiro atoms. The highest BCUT2D eigenvalue weighted by molar-refractivity contribution is 5.66. The van der Waals surface area contributed by atoms with Crippen LogP contribution >= 0.6 is 0 Å². The monoisotopic (exact) mass is 174 g/mol. The second kappa shape index (κ2) is 6.83. The van der Waals surface area contributed by atoms with Crippen LogP contribution in [-0.2, 0) is 9.53 Å². The molecule has 0 saturated carbocycles. The van der Waals surface area contributed by atoms with Crippen LogP contribution in [0.2, 0.25) is 0 Å². The van der Waals surface area contributed by atoms with Gasteiger partial charge in [0.05, 0.1) is 0 Å².